The van der Waals surface area contributed by atoms with Gasteiger partial charge < -0.3 is 0 Å². The summed E-state index contributed by atoms with van der Waals surface area (Å²) in [7, 11) is 0. The molecule has 1 aromatic rings. The van der Waals surface area contributed by atoms with E-state index < -0.39 is 0 Å². The first-order valence-corrected chi connectivity index (χ1v) is 12.1. The fraction of sp³-hybridized carbons (Fsp3) is 0.704. The zero-order valence-corrected chi connectivity index (χ0v) is 18.5. The number of fused-ring (bicyclic) bond motifs is 5. The summed E-state index contributed by atoms with van der Waals surface area (Å²) in [6.45, 7) is 7.48. The Bertz CT molecular complexity index is 813. The van der Waals surface area contributed by atoms with Gasteiger partial charge in [0, 0.05) is 25.2 Å². The summed E-state index contributed by atoms with van der Waals surface area (Å²) in [6.07, 6.45) is 17.2. The SMILES string of the molecule is CCC[C@H]1CC2CC(=O)CC[C@]2(C)[C@H]2CC[C@]3(C)C(c4cccnc4)=CC[C@H]3[C@H]12. The lowest BCUT2D eigenvalue weighted by molar-refractivity contribution is -0.146. The van der Waals surface area contributed by atoms with Crippen LogP contribution in [0.3, 0.4) is 0 Å². The number of ketones is 1. The van der Waals surface area contributed by atoms with Crippen molar-refractivity contribution >= 4 is 11.4 Å². The molecule has 2 nitrogen and oxygen atoms in total. The van der Waals surface area contributed by atoms with Gasteiger partial charge >= 0.3 is 0 Å². The Kier molecular flexibility index (Phi) is 4.76. The summed E-state index contributed by atoms with van der Waals surface area (Å²) in [5.41, 5.74) is 3.59. The quantitative estimate of drug-likeness (QED) is 0.573. The van der Waals surface area contributed by atoms with E-state index >= 15 is 0 Å². The average Bonchev–Trinajstić information content (AvgIpc) is 3.07. The number of carbonyl (C=O) groups is 1. The van der Waals surface area contributed by atoms with Gasteiger partial charge in [0.15, 0.2) is 0 Å². The molecular weight excluding hydrogens is 354 g/mol. The van der Waals surface area contributed by atoms with Gasteiger partial charge in [-0.3, -0.25) is 9.78 Å². The van der Waals surface area contributed by atoms with Crippen molar-refractivity contribution in [2.24, 2.45) is 40.4 Å². The van der Waals surface area contributed by atoms with Gasteiger partial charge in [0.1, 0.15) is 5.78 Å². The molecule has 0 N–H and O–H groups in total. The zero-order chi connectivity index (χ0) is 20.2. The molecule has 0 saturated heterocycles. The normalized spacial score (nSPS) is 43.9. The first-order valence-electron chi connectivity index (χ1n) is 12.1. The average molecular weight is 392 g/mol. The van der Waals surface area contributed by atoms with Gasteiger partial charge in [0.25, 0.3) is 0 Å². The molecule has 7 atom stereocenters. The van der Waals surface area contributed by atoms with Gasteiger partial charge in [-0.2, -0.15) is 0 Å². The second kappa shape index (κ2) is 7.06. The van der Waals surface area contributed by atoms with Crippen LogP contribution in [0.4, 0.5) is 0 Å². The highest BCUT2D eigenvalue weighted by Crippen LogP contribution is 2.68. The van der Waals surface area contributed by atoms with Crippen molar-refractivity contribution in [3.8, 4) is 0 Å². The lowest BCUT2D eigenvalue weighted by Crippen LogP contribution is -2.56. The summed E-state index contributed by atoms with van der Waals surface area (Å²) >= 11 is 0. The standard InChI is InChI=1S/C27H37NO/c1-4-6-18-15-20-16-21(29)10-12-26(20,2)24-11-13-27(3)22(8-9-23(27)25(18)24)19-7-5-14-28-17-19/h5,7-8,14,17-18,20,23-25H,4,6,9-13,15-16H2,1-3H3/t18-,20?,23-,24-,25-,26-,27+/m0/s1. The summed E-state index contributed by atoms with van der Waals surface area (Å²) in [5.74, 6) is 4.38. The fourth-order valence-electron chi connectivity index (χ4n) is 8.43. The van der Waals surface area contributed by atoms with Crippen LogP contribution in [0, 0.1) is 40.4 Å². The molecule has 1 unspecified atom stereocenters. The van der Waals surface area contributed by atoms with Crippen molar-refractivity contribution in [3.63, 3.8) is 0 Å². The van der Waals surface area contributed by atoms with Gasteiger partial charge in [-0.25, -0.2) is 0 Å². The molecule has 0 bridgehead atoms. The number of nitrogens with zero attached hydrogens (tertiary/aromatic N) is 1. The van der Waals surface area contributed by atoms with Crippen molar-refractivity contribution < 1.29 is 4.79 Å². The summed E-state index contributed by atoms with van der Waals surface area (Å²) in [4.78, 5) is 16.7. The van der Waals surface area contributed by atoms with Crippen LogP contribution in [0.1, 0.15) is 84.1 Å². The zero-order valence-electron chi connectivity index (χ0n) is 18.5. The maximum absolute atomic E-state index is 12.3. The number of aromatic nitrogens is 1. The molecule has 5 rings (SSSR count). The number of hydrogen-bond donors (Lipinski definition) is 0. The monoisotopic (exact) mass is 391 g/mol. The van der Waals surface area contributed by atoms with Crippen molar-refractivity contribution in [2.45, 2.75) is 78.6 Å². The third kappa shape index (κ3) is 2.88. The number of hydrogen-bond acceptors (Lipinski definition) is 2. The Morgan fingerprint density at radius 2 is 2.07 bits per heavy atom. The molecule has 0 aromatic carbocycles. The molecule has 3 saturated carbocycles. The predicted octanol–water partition coefficient (Wildman–Crippen LogP) is 6.71. The predicted molar refractivity (Wildman–Crippen MR) is 118 cm³/mol. The number of carbonyl (C=O) groups excluding carboxylic acids is 1. The smallest absolute Gasteiger partial charge is 0.133 e. The van der Waals surface area contributed by atoms with Crippen LogP contribution >= 0.6 is 0 Å². The van der Waals surface area contributed by atoms with E-state index in [9.17, 15) is 4.79 Å². The van der Waals surface area contributed by atoms with E-state index in [-0.39, 0.29) is 0 Å². The number of rotatable bonds is 3. The molecule has 0 aliphatic heterocycles. The van der Waals surface area contributed by atoms with E-state index in [1.54, 1.807) is 5.57 Å². The van der Waals surface area contributed by atoms with Crippen molar-refractivity contribution in [1.82, 2.24) is 4.98 Å². The number of allylic oxidation sites excluding steroid dienone is 2. The van der Waals surface area contributed by atoms with Crippen LogP contribution in [0.2, 0.25) is 0 Å². The first kappa shape index (κ1) is 19.5. The summed E-state index contributed by atoms with van der Waals surface area (Å²) in [5, 5.41) is 0. The van der Waals surface area contributed by atoms with E-state index in [2.05, 4.69) is 50.2 Å². The molecule has 1 heterocycles. The van der Waals surface area contributed by atoms with E-state index in [1.807, 2.05) is 6.20 Å². The van der Waals surface area contributed by atoms with Gasteiger partial charge in [0.05, 0.1) is 0 Å². The van der Waals surface area contributed by atoms with Gasteiger partial charge in [-0.1, -0.05) is 45.8 Å². The third-order valence-corrected chi connectivity index (χ3v) is 9.87. The van der Waals surface area contributed by atoms with Gasteiger partial charge in [-0.05, 0) is 89.7 Å². The highest BCUT2D eigenvalue weighted by atomic mass is 16.1. The summed E-state index contributed by atoms with van der Waals surface area (Å²) in [6, 6.07) is 4.34. The molecular formula is C27H37NO. The van der Waals surface area contributed by atoms with Crippen molar-refractivity contribution in [3.05, 3.63) is 36.2 Å². The van der Waals surface area contributed by atoms with Crippen LogP contribution in [0.15, 0.2) is 30.6 Å². The molecule has 156 valence electrons. The summed E-state index contributed by atoms with van der Waals surface area (Å²) < 4.78 is 0. The first-order chi connectivity index (χ1) is 14.0. The number of pyridine rings is 1. The van der Waals surface area contributed by atoms with Crippen molar-refractivity contribution in [2.75, 3.05) is 0 Å². The minimum absolute atomic E-state index is 0.296. The molecule has 2 heteroatoms. The van der Waals surface area contributed by atoms with E-state index in [0.29, 0.717) is 22.5 Å². The molecule has 0 amide bonds. The highest BCUT2D eigenvalue weighted by Gasteiger charge is 2.61. The third-order valence-electron chi connectivity index (χ3n) is 9.87. The molecule has 3 fully saturated rings. The van der Waals surface area contributed by atoms with Crippen LogP contribution < -0.4 is 0 Å². The van der Waals surface area contributed by atoms with Gasteiger partial charge in [-0.15, -0.1) is 0 Å². The minimum Gasteiger partial charge on any atom is -0.300 e. The molecule has 4 aliphatic carbocycles. The Hall–Kier alpha value is -1.44. The molecule has 0 radical (unpaired) electrons. The minimum atomic E-state index is 0.296. The highest BCUT2D eigenvalue weighted by molar-refractivity contribution is 5.79. The fourth-order valence-corrected chi connectivity index (χ4v) is 8.43. The topological polar surface area (TPSA) is 30.0 Å². The Labute approximate surface area is 176 Å². The van der Waals surface area contributed by atoms with Crippen molar-refractivity contribution in [1.29, 1.82) is 0 Å². The van der Waals surface area contributed by atoms with E-state index in [4.69, 9.17) is 0 Å². The molecule has 1 aromatic heterocycles. The largest absolute Gasteiger partial charge is 0.300 e. The molecule has 0 spiro atoms. The van der Waals surface area contributed by atoms with E-state index in [1.165, 1.54) is 44.1 Å². The maximum Gasteiger partial charge on any atom is 0.133 e. The second-order valence-electron chi connectivity index (χ2n) is 11.1. The van der Waals surface area contributed by atoms with Crippen LogP contribution in [-0.4, -0.2) is 10.8 Å². The molecule has 4 aliphatic rings. The lowest BCUT2D eigenvalue weighted by atomic mass is 9.42. The Morgan fingerprint density at radius 1 is 1.21 bits per heavy atom. The van der Waals surface area contributed by atoms with Crippen LogP contribution in [-0.2, 0) is 4.79 Å². The van der Waals surface area contributed by atoms with E-state index in [0.717, 1.165) is 42.9 Å². The second-order valence-corrected chi connectivity index (χ2v) is 11.1. The van der Waals surface area contributed by atoms with Gasteiger partial charge in [0.2, 0.25) is 0 Å². The van der Waals surface area contributed by atoms with Crippen LogP contribution in [0.5, 0.6) is 0 Å². The Balaban J connectivity index is 1.51. The Morgan fingerprint density at radius 3 is 2.83 bits per heavy atom. The lowest BCUT2D eigenvalue weighted by Gasteiger charge is -2.62. The molecule has 29 heavy (non-hydrogen) atoms. The number of Topliss-reactive ketones (excluding diaryl/α,β-unsaturated/α-hetero) is 1. The maximum atomic E-state index is 12.3. The van der Waals surface area contributed by atoms with Crippen LogP contribution in [0.25, 0.3) is 5.57 Å².